The molecule has 3 heteroatoms. The van der Waals surface area contributed by atoms with Crippen LogP contribution in [0.3, 0.4) is 0 Å². The maximum absolute atomic E-state index is 10.4. The predicted molar refractivity (Wildman–Crippen MR) is 82.0 cm³/mol. The molecule has 0 fully saturated rings. The molecule has 0 heterocycles. The first-order valence-electron chi connectivity index (χ1n) is 6.85. The Kier molecular flexibility index (Phi) is 6.43. The third-order valence-electron chi connectivity index (χ3n) is 3.02. The maximum atomic E-state index is 10.4. The largest absolute Gasteiger partial charge is 0.481 e. The molecule has 0 aromatic heterocycles. The van der Waals surface area contributed by atoms with Gasteiger partial charge in [0.05, 0.1) is 0 Å². The molecule has 2 nitrogen and oxygen atoms in total. The highest BCUT2D eigenvalue weighted by Gasteiger charge is 2.12. The second-order valence-corrected chi connectivity index (χ2v) is 7.00. The minimum Gasteiger partial charge on any atom is -0.481 e. The summed E-state index contributed by atoms with van der Waals surface area (Å²) in [5, 5.41) is 8.53. The molecule has 0 aliphatic rings. The summed E-state index contributed by atoms with van der Waals surface area (Å²) in [4.78, 5) is 11.7. The lowest BCUT2D eigenvalue weighted by molar-refractivity contribution is -0.137. The number of carboxylic acid groups (broad SMARTS) is 1. The average Bonchev–Trinajstić information content (AvgIpc) is 2.32. The van der Waals surface area contributed by atoms with Crippen LogP contribution in [0.4, 0.5) is 0 Å². The van der Waals surface area contributed by atoms with Crippen molar-refractivity contribution in [1.82, 2.24) is 0 Å². The SMILES string of the molecule is CC(C)(C)c1ccc(SCCCCCC(=O)O)cc1. The fourth-order valence-electron chi connectivity index (χ4n) is 1.80. The van der Waals surface area contributed by atoms with Crippen LogP contribution in [-0.4, -0.2) is 16.8 Å². The number of carbonyl (C=O) groups is 1. The fraction of sp³-hybridized carbons (Fsp3) is 0.562. The van der Waals surface area contributed by atoms with Crippen molar-refractivity contribution >= 4 is 17.7 Å². The standard InChI is InChI=1S/C16H24O2S/c1-16(2,3)13-8-10-14(11-9-13)19-12-6-4-5-7-15(17)18/h8-11H,4-7,12H2,1-3H3,(H,17,18). The molecule has 0 spiro atoms. The maximum Gasteiger partial charge on any atom is 0.303 e. The normalized spacial score (nSPS) is 11.5. The molecule has 0 aliphatic carbocycles. The van der Waals surface area contributed by atoms with E-state index in [2.05, 4.69) is 45.0 Å². The van der Waals surface area contributed by atoms with Gasteiger partial charge in [0.25, 0.3) is 0 Å². The summed E-state index contributed by atoms with van der Waals surface area (Å²) < 4.78 is 0. The summed E-state index contributed by atoms with van der Waals surface area (Å²) in [5.74, 6) is 0.375. The van der Waals surface area contributed by atoms with Crippen molar-refractivity contribution in [3.8, 4) is 0 Å². The van der Waals surface area contributed by atoms with E-state index in [-0.39, 0.29) is 5.41 Å². The van der Waals surface area contributed by atoms with E-state index < -0.39 is 5.97 Å². The van der Waals surface area contributed by atoms with Gasteiger partial charge >= 0.3 is 5.97 Å². The van der Waals surface area contributed by atoms with Crippen molar-refractivity contribution in [1.29, 1.82) is 0 Å². The quantitative estimate of drug-likeness (QED) is 0.580. The van der Waals surface area contributed by atoms with Crippen molar-refractivity contribution in [2.24, 2.45) is 0 Å². The highest BCUT2D eigenvalue weighted by molar-refractivity contribution is 7.99. The van der Waals surface area contributed by atoms with E-state index in [1.807, 2.05) is 11.8 Å². The van der Waals surface area contributed by atoms with Gasteiger partial charge in [-0.2, -0.15) is 0 Å². The molecule has 0 radical (unpaired) electrons. The molecule has 0 saturated heterocycles. The van der Waals surface area contributed by atoms with Gasteiger partial charge in [-0.15, -0.1) is 11.8 Å². The molecular weight excluding hydrogens is 256 g/mol. The molecular formula is C16H24O2S. The van der Waals surface area contributed by atoms with E-state index in [1.54, 1.807) is 0 Å². The van der Waals surface area contributed by atoms with Crippen LogP contribution in [0.25, 0.3) is 0 Å². The highest BCUT2D eigenvalue weighted by atomic mass is 32.2. The minimum atomic E-state index is -0.689. The molecule has 1 aromatic carbocycles. The van der Waals surface area contributed by atoms with Crippen LogP contribution in [0.2, 0.25) is 0 Å². The van der Waals surface area contributed by atoms with Gasteiger partial charge in [-0.3, -0.25) is 4.79 Å². The van der Waals surface area contributed by atoms with Crippen LogP contribution in [0.5, 0.6) is 0 Å². The molecule has 106 valence electrons. The lowest BCUT2D eigenvalue weighted by atomic mass is 9.87. The Bertz CT molecular complexity index is 390. The number of rotatable bonds is 7. The van der Waals surface area contributed by atoms with Gasteiger partial charge in [-0.1, -0.05) is 39.3 Å². The van der Waals surface area contributed by atoms with Gasteiger partial charge in [-0.05, 0) is 41.7 Å². The van der Waals surface area contributed by atoms with Crippen molar-refractivity contribution in [2.75, 3.05) is 5.75 Å². The van der Waals surface area contributed by atoms with Gasteiger partial charge in [0, 0.05) is 11.3 Å². The fourth-order valence-corrected chi connectivity index (χ4v) is 2.71. The Morgan fingerprint density at radius 3 is 2.26 bits per heavy atom. The Morgan fingerprint density at radius 2 is 1.74 bits per heavy atom. The van der Waals surface area contributed by atoms with Gasteiger partial charge in [0.1, 0.15) is 0 Å². The van der Waals surface area contributed by atoms with E-state index in [9.17, 15) is 4.79 Å². The topological polar surface area (TPSA) is 37.3 Å². The van der Waals surface area contributed by atoms with Crippen LogP contribution < -0.4 is 0 Å². The predicted octanol–water partition coefficient (Wildman–Crippen LogP) is 4.72. The van der Waals surface area contributed by atoms with Crippen LogP contribution in [-0.2, 0) is 10.2 Å². The van der Waals surface area contributed by atoms with Gasteiger partial charge in [0.2, 0.25) is 0 Å². The van der Waals surface area contributed by atoms with Crippen LogP contribution in [0.1, 0.15) is 52.0 Å². The molecule has 0 amide bonds. The van der Waals surface area contributed by atoms with Crippen LogP contribution in [0.15, 0.2) is 29.2 Å². The van der Waals surface area contributed by atoms with Crippen LogP contribution >= 0.6 is 11.8 Å². The Balaban J connectivity index is 2.25. The summed E-state index contributed by atoms with van der Waals surface area (Å²) >= 11 is 1.85. The first-order valence-corrected chi connectivity index (χ1v) is 7.83. The van der Waals surface area contributed by atoms with Gasteiger partial charge in [0.15, 0.2) is 0 Å². The number of unbranched alkanes of at least 4 members (excludes halogenated alkanes) is 2. The zero-order valence-electron chi connectivity index (χ0n) is 12.1. The van der Waals surface area contributed by atoms with Crippen molar-refractivity contribution in [3.05, 3.63) is 29.8 Å². The Labute approximate surface area is 120 Å². The van der Waals surface area contributed by atoms with Gasteiger partial charge < -0.3 is 5.11 Å². The molecule has 0 unspecified atom stereocenters. The van der Waals surface area contributed by atoms with E-state index in [0.29, 0.717) is 6.42 Å². The van der Waals surface area contributed by atoms with Crippen LogP contribution in [0, 0.1) is 0 Å². The third-order valence-corrected chi connectivity index (χ3v) is 4.12. The number of hydrogen-bond donors (Lipinski definition) is 1. The first kappa shape index (κ1) is 16.1. The average molecular weight is 280 g/mol. The number of thioether (sulfide) groups is 1. The number of carboxylic acids is 1. The lowest BCUT2D eigenvalue weighted by Gasteiger charge is -2.19. The number of benzene rings is 1. The first-order chi connectivity index (χ1) is 8.89. The smallest absolute Gasteiger partial charge is 0.303 e. The van der Waals surface area contributed by atoms with E-state index in [0.717, 1.165) is 25.0 Å². The second kappa shape index (κ2) is 7.59. The monoisotopic (exact) mass is 280 g/mol. The second-order valence-electron chi connectivity index (χ2n) is 5.83. The number of aliphatic carboxylic acids is 1. The Hall–Kier alpha value is -0.960. The zero-order chi connectivity index (χ0) is 14.3. The third kappa shape index (κ3) is 6.67. The number of hydrogen-bond acceptors (Lipinski definition) is 2. The highest BCUT2D eigenvalue weighted by Crippen LogP contribution is 2.26. The van der Waals surface area contributed by atoms with E-state index in [1.165, 1.54) is 10.5 Å². The van der Waals surface area contributed by atoms with Gasteiger partial charge in [-0.25, -0.2) is 0 Å². The molecule has 0 bridgehead atoms. The molecule has 1 N–H and O–H groups in total. The molecule has 0 atom stereocenters. The summed E-state index contributed by atoms with van der Waals surface area (Å²) in [6, 6.07) is 8.77. The Morgan fingerprint density at radius 1 is 1.11 bits per heavy atom. The molecule has 1 aromatic rings. The van der Waals surface area contributed by atoms with Crippen molar-refractivity contribution in [3.63, 3.8) is 0 Å². The summed E-state index contributed by atoms with van der Waals surface area (Å²) in [7, 11) is 0. The van der Waals surface area contributed by atoms with E-state index in [4.69, 9.17) is 5.11 Å². The zero-order valence-corrected chi connectivity index (χ0v) is 12.9. The van der Waals surface area contributed by atoms with Crippen molar-refractivity contribution < 1.29 is 9.90 Å². The molecule has 0 saturated carbocycles. The summed E-state index contributed by atoms with van der Waals surface area (Å²) in [6.07, 6.45) is 3.17. The lowest BCUT2D eigenvalue weighted by Crippen LogP contribution is -2.10. The molecule has 19 heavy (non-hydrogen) atoms. The summed E-state index contributed by atoms with van der Waals surface area (Å²) in [5.41, 5.74) is 1.57. The molecule has 0 aliphatic heterocycles. The summed E-state index contributed by atoms with van der Waals surface area (Å²) in [6.45, 7) is 6.66. The minimum absolute atomic E-state index is 0.208. The van der Waals surface area contributed by atoms with Crippen molar-refractivity contribution in [2.45, 2.75) is 56.8 Å². The molecule has 1 rings (SSSR count). The van der Waals surface area contributed by atoms with E-state index >= 15 is 0 Å².